The summed E-state index contributed by atoms with van der Waals surface area (Å²) in [6, 6.07) is 16.8. The topological polar surface area (TPSA) is 132 Å². The zero-order valence-corrected chi connectivity index (χ0v) is 21.4. The Hall–Kier alpha value is -5.04. The molecule has 2 aliphatic rings. The minimum Gasteiger partial charge on any atom is -0.481 e. The van der Waals surface area contributed by atoms with Crippen LogP contribution in [0.15, 0.2) is 72.1 Å². The smallest absolute Gasteiger partial charge is 0.338 e. The number of nitriles is 1. The summed E-state index contributed by atoms with van der Waals surface area (Å²) in [5, 5.41) is 14.9. The van der Waals surface area contributed by atoms with Crippen molar-refractivity contribution in [2.45, 2.75) is 31.9 Å². The van der Waals surface area contributed by atoms with Crippen LogP contribution in [0.4, 0.5) is 4.79 Å². The van der Waals surface area contributed by atoms with Crippen LogP contribution in [0.1, 0.15) is 47.7 Å². The number of urea groups is 1. The first-order valence-electron chi connectivity index (χ1n) is 12.3. The lowest BCUT2D eigenvalue weighted by atomic mass is 9.93. The molecule has 2 amide bonds. The Kier molecular flexibility index (Phi) is 7.32. The van der Waals surface area contributed by atoms with Crippen molar-refractivity contribution in [1.82, 2.24) is 15.6 Å². The number of amides is 2. The summed E-state index contributed by atoms with van der Waals surface area (Å²) in [5.41, 5.74) is 3.41. The molecule has 2 aromatic carbocycles. The lowest BCUT2D eigenvalue weighted by Gasteiger charge is -2.30. The van der Waals surface area contributed by atoms with Crippen LogP contribution < -0.4 is 24.8 Å². The van der Waals surface area contributed by atoms with Crippen LogP contribution >= 0.6 is 0 Å². The predicted octanol–water partition coefficient (Wildman–Crippen LogP) is 4.24. The Balaban J connectivity index is 1.47. The van der Waals surface area contributed by atoms with E-state index in [1.54, 1.807) is 49.5 Å². The molecule has 0 saturated heterocycles. The molecule has 3 aromatic rings. The van der Waals surface area contributed by atoms with Crippen molar-refractivity contribution in [3.8, 4) is 23.4 Å². The van der Waals surface area contributed by atoms with Crippen LogP contribution in [0.25, 0.3) is 0 Å². The van der Waals surface area contributed by atoms with Crippen molar-refractivity contribution in [2.75, 3.05) is 13.9 Å². The number of benzene rings is 2. The number of carbonyl (C=O) groups is 2. The molecule has 10 nitrogen and oxygen atoms in total. The molecule has 0 bridgehead atoms. The first-order valence-corrected chi connectivity index (χ1v) is 12.3. The van der Waals surface area contributed by atoms with E-state index in [4.69, 9.17) is 18.9 Å². The zero-order chi connectivity index (χ0) is 27.4. The highest BCUT2D eigenvalue weighted by Crippen LogP contribution is 2.35. The average molecular weight is 527 g/mol. The van der Waals surface area contributed by atoms with Gasteiger partial charge in [0.2, 0.25) is 12.7 Å². The molecular formula is C29H26N4O6. The van der Waals surface area contributed by atoms with Gasteiger partial charge in [0.05, 0.1) is 30.4 Å². The molecule has 2 aliphatic heterocycles. The summed E-state index contributed by atoms with van der Waals surface area (Å²) >= 11 is 0. The zero-order valence-electron chi connectivity index (χ0n) is 21.4. The van der Waals surface area contributed by atoms with Crippen molar-refractivity contribution in [3.05, 3.63) is 94.3 Å². The van der Waals surface area contributed by atoms with Gasteiger partial charge >= 0.3 is 12.0 Å². The lowest BCUT2D eigenvalue weighted by molar-refractivity contribution is -0.144. The number of hydrogen-bond donors (Lipinski definition) is 2. The second-order valence-corrected chi connectivity index (χ2v) is 9.03. The number of nitrogens with one attached hydrogen (secondary N) is 2. The molecule has 2 unspecified atom stereocenters. The van der Waals surface area contributed by atoms with Gasteiger partial charge in [-0.15, -0.1) is 0 Å². The highest BCUT2D eigenvalue weighted by molar-refractivity contribution is 5.95. The molecule has 2 N–H and O–H groups in total. The number of esters is 1. The minimum atomic E-state index is -0.797. The largest absolute Gasteiger partial charge is 0.481 e. The Bertz CT molecular complexity index is 1480. The third-order valence-electron chi connectivity index (χ3n) is 6.54. The minimum absolute atomic E-state index is 0.175. The summed E-state index contributed by atoms with van der Waals surface area (Å²) < 4.78 is 21.9. The molecule has 0 radical (unpaired) electrons. The maximum absolute atomic E-state index is 13.7. The van der Waals surface area contributed by atoms with E-state index in [1.807, 2.05) is 18.2 Å². The van der Waals surface area contributed by atoms with Crippen molar-refractivity contribution in [1.29, 1.82) is 5.26 Å². The van der Waals surface area contributed by atoms with Gasteiger partial charge in [0.15, 0.2) is 11.5 Å². The van der Waals surface area contributed by atoms with Crippen LogP contribution in [-0.4, -0.2) is 30.9 Å². The van der Waals surface area contributed by atoms with Crippen LogP contribution in [-0.2, 0) is 16.0 Å². The maximum Gasteiger partial charge on any atom is 0.338 e. The molecule has 0 aliphatic carbocycles. The SMILES string of the molecule is COc1ccc(C2NC(=O)NC(CCc3ccc4c(c3)OCO4)=C2C(=O)OC(C)c2cccc(C#N)c2)cn1. The van der Waals surface area contributed by atoms with E-state index >= 15 is 0 Å². The number of fused-ring (bicyclic) bond motifs is 1. The number of ether oxygens (including phenoxy) is 4. The molecule has 0 fully saturated rings. The van der Waals surface area contributed by atoms with Gasteiger partial charge in [0.1, 0.15) is 6.10 Å². The Labute approximate surface area is 225 Å². The van der Waals surface area contributed by atoms with E-state index in [9.17, 15) is 14.9 Å². The number of methoxy groups -OCH3 is 1. The highest BCUT2D eigenvalue weighted by Gasteiger charge is 2.35. The van der Waals surface area contributed by atoms with Gasteiger partial charge in [-0.1, -0.05) is 18.2 Å². The number of aromatic nitrogens is 1. The van der Waals surface area contributed by atoms with Gasteiger partial charge in [0.25, 0.3) is 0 Å². The molecule has 0 saturated carbocycles. The van der Waals surface area contributed by atoms with E-state index < -0.39 is 24.1 Å². The monoisotopic (exact) mass is 526 g/mol. The van der Waals surface area contributed by atoms with Gasteiger partial charge in [-0.3, -0.25) is 0 Å². The summed E-state index contributed by atoms with van der Waals surface area (Å²) in [4.78, 5) is 30.7. The molecule has 3 heterocycles. The van der Waals surface area contributed by atoms with Crippen LogP contribution in [0.5, 0.6) is 17.4 Å². The lowest BCUT2D eigenvalue weighted by Crippen LogP contribution is -2.46. The van der Waals surface area contributed by atoms with Crippen LogP contribution in [0.2, 0.25) is 0 Å². The number of aryl methyl sites for hydroxylation is 1. The number of hydrogen-bond acceptors (Lipinski definition) is 8. The number of rotatable bonds is 8. The molecule has 5 rings (SSSR count). The maximum atomic E-state index is 13.7. The Morgan fingerprint density at radius 1 is 1.15 bits per heavy atom. The quantitative estimate of drug-likeness (QED) is 0.417. The van der Waals surface area contributed by atoms with E-state index in [0.717, 1.165) is 5.56 Å². The van der Waals surface area contributed by atoms with Gasteiger partial charge in [-0.25, -0.2) is 14.6 Å². The Morgan fingerprint density at radius 3 is 2.77 bits per heavy atom. The molecule has 1 aromatic heterocycles. The first kappa shape index (κ1) is 25.6. The molecule has 198 valence electrons. The van der Waals surface area contributed by atoms with Gasteiger partial charge in [-0.2, -0.15) is 5.26 Å². The number of allylic oxidation sites excluding steroid dienone is 1. The summed E-state index contributed by atoms with van der Waals surface area (Å²) in [6.07, 6.45) is 1.80. The van der Waals surface area contributed by atoms with E-state index in [-0.39, 0.29) is 12.4 Å². The summed E-state index contributed by atoms with van der Waals surface area (Å²) in [7, 11) is 1.51. The van der Waals surface area contributed by atoms with Gasteiger partial charge in [-0.05, 0) is 66.8 Å². The fraction of sp³-hybridized carbons (Fsp3) is 0.241. The van der Waals surface area contributed by atoms with E-state index in [1.165, 1.54) is 7.11 Å². The van der Waals surface area contributed by atoms with Crippen molar-refractivity contribution in [2.24, 2.45) is 0 Å². The van der Waals surface area contributed by atoms with E-state index in [0.29, 0.717) is 52.6 Å². The van der Waals surface area contributed by atoms with Crippen molar-refractivity contribution < 1.29 is 28.5 Å². The molecule has 2 atom stereocenters. The normalized spacial score (nSPS) is 16.5. The second kappa shape index (κ2) is 11.1. The standard InChI is InChI=1S/C29H26N4O6/c1-17(20-5-3-4-19(12-20)14-30)39-28(34)26-22(9-6-18-7-10-23-24(13-18)38-16-37-23)32-29(35)33-27(26)21-8-11-25(36-2)31-15-21/h3-5,7-8,10-13,15,17,27H,6,9,16H2,1-2H3,(H2,32,33,35). The molecule has 39 heavy (non-hydrogen) atoms. The number of pyridine rings is 1. The van der Waals surface area contributed by atoms with Crippen molar-refractivity contribution in [3.63, 3.8) is 0 Å². The fourth-order valence-electron chi connectivity index (χ4n) is 4.51. The highest BCUT2D eigenvalue weighted by atomic mass is 16.7. The predicted molar refractivity (Wildman–Crippen MR) is 139 cm³/mol. The molecular weight excluding hydrogens is 500 g/mol. The fourth-order valence-corrected chi connectivity index (χ4v) is 4.51. The molecule has 10 heteroatoms. The molecule has 0 spiro atoms. The number of carbonyl (C=O) groups excluding carboxylic acids is 2. The third-order valence-corrected chi connectivity index (χ3v) is 6.54. The summed E-state index contributed by atoms with van der Waals surface area (Å²) in [5.74, 6) is 1.14. The van der Waals surface area contributed by atoms with Crippen molar-refractivity contribution >= 4 is 12.0 Å². The van der Waals surface area contributed by atoms with Gasteiger partial charge in [0, 0.05) is 18.0 Å². The first-order chi connectivity index (χ1) is 18.9. The van der Waals surface area contributed by atoms with Crippen LogP contribution in [0, 0.1) is 11.3 Å². The third kappa shape index (κ3) is 5.62. The Morgan fingerprint density at radius 2 is 2.00 bits per heavy atom. The second-order valence-electron chi connectivity index (χ2n) is 9.03. The number of nitrogens with zero attached hydrogens (tertiary/aromatic N) is 2. The van der Waals surface area contributed by atoms with Crippen LogP contribution in [0.3, 0.4) is 0 Å². The van der Waals surface area contributed by atoms with Gasteiger partial charge < -0.3 is 29.6 Å². The average Bonchev–Trinajstić information content (AvgIpc) is 3.43. The summed E-state index contributed by atoms with van der Waals surface area (Å²) in [6.45, 7) is 1.91. The van der Waals surface area contributed by atoms with E-state index in [2.05, 4.69) is 21.7 Å².